The van der Waals surface area contributed by atoms with Crippen molar-refractivity contribution in [1.82, 2.24) is 0 Å². The van der Waals surface area contributed by atoms with Crippen molar-refractivity contribution in [2.75, 3.05) is 0 Å². The normalized spacial score (nSPS) is 12.7. The Labute approximate surface area is 71.5 Å². The van der Waals surface area contributed by atoms with Crippen LogP contribution in [0.15, 0.2) is 0 Å². The van der Waals surface area contributed by atoms with E-state index in [4.69, 9.17) is 34.8 Å². The van der Waals surface area contributed by atoms with Crippen LogP contribution in [0, 0.1) is 5.92 Å². The van der Waals surface area contributed by atoms with E-state index >= 15 is 0 Å². The molecule has 0 aliphatic carbocycles. The van der Waals surface area contributed by atoms with E-state index in [1.54, 1.807) is 0 Å². The molecule has 0 fully saturated rings. The SMILES string of the molecule is C[C](C)CCC(Cl)(Cl)Cl. The van der Waals surface area contributed by atoms with Crippen LogP contribution in [-0.4, -0.2) is 3.79 Å². The smallest absolute Gasteiger partial charge is 0.0837 e. The van der Waals surface area contributed by atoms with E-state index in [-0.39, 0.29) is 0 Å². The molecule has 3 heteroatoms. The Hall–Kier alpha value is 0.870. The van der Waals surface area contributed by atoms with Gasteiger partial charge in [0.25, 0.3) is 0 Å². The maximum absolute atomic E-state index is 5.49. The first-order valence-corrected chi connectivity index (χ1v) is 3.91. The summed E-state index contributed by atoms with van der Waals surface area (Å²) in [4.78, 5) is 0. The minimum Gasteiger partial charge on any atom is -0.0837 e. The van der Waals surface area contributed by atoms with Crippen LogP contribution in [0.3, 0.4) is 0 Å². The summed E-state index contributed by atoms with van der Waals surface area (Å²) in [7, 11) is 0. The van der Waals surface area contributed by atoms with Crippen molar-refractivity contribution in [3.8, 4) is 0 Å². The highest BCUT2D eigenvalue weighted by Gasteiger charge is 2.18. The first-order valence-electron chi connectivity index (χ1n) is 2.77. The minimum atomic E-state index is -1.07. The predicted octanol–water partition coefficient (Wildman–Crippen LogP) is 3.75. The predicted molar refractivity (Wildman–Crippen MR) is 44.1 cm³/mol. The van der Waals surface area contributed by atoms with E-state index in [9.17, 15) is 0 Å². The van der Waals surface area contributed by atoms with Crippen LogP contribution < -0.4 is 0 Å². The third-order valence-corrected chi connectivity index (χ3v) is 1.48. The van der Waals surface area contributed by atoms with Crippen molar-refractivity contribution >= 4 is 34.8 Å². The molecule has 9 heavy (non-hydrogen) atoms. The van der Waals surface area contributed by atoms with Crippen LogP contribution in [-0.2, 0) is 0 Å². The van der Waals surface area contributed by atoms with Gasteiger partial charge in [-0.1, -0.05) is 48.7 Å². The second-order valence-electron chi connectivity index (χ2n) is 2.32. The average molecular weight is 189 g/mol. The van der Waals surface area contributed by atoms with E-state index in [0.717, 1.165) is 6.42 Å². The second kappa shape index (κ2) is 3.90. The summed E-state index contributed by atoms with van der Waals surface area (Å²) < 4.78 is -1.07. The fourth-order valence-corrected chi connectivity index (χ4v) is 0.675. The summed E-state index contributed by atoms with van der Waals surface area (Å²) in [6, 6.07) is 0. The Bertz CT molecular complexity index is 72.9. The molecule has 0 spiro atoms. The van der Waals surface area contributed by atoms with Gasteiger partial charge in [0.2, 0.25) is 0 Å². The Morgan fingerprint density at radius 1 is 1.22 bits per heavy atom. The average Bonchev–Trinajstić information content (AvgIpc) is 1.59. The van der Waals surface area contributed by atoms with Gasteiger partial charge in [0.15, 0.2) is 3.79 Å². The Morgan fingerprint density at radius 2 is 1.67 bits per heavy atom. The van der Waals surface area contributed by atoms with Crippen molar-refractivity contribution in [2.45, 2.75) is 30.5 Å². The van der Waals surface area contributed by atoms with Gasteiger partial charge in [-0.15, -0.1) is 0 Å². The van der Waals surface area contributed by atoms with Crippen LogP contribution in [0.4, 0.5) is 0 Å². The lowest BCUT2D eigenvalue weighted by Gasteiger charge is -2.10. The van der Waals surface area contributed by atoms with Crippen molar-refractivity contribution in [3.63, 3.8) is 0 Å². The number of alkyl halides is 3. The summed E-state index contributed by atoms with van der Waals surface area (Å²) in [6.45, 7) is 4.05. The van der Waals surface area contributed by atoms with Crippen LogP contribution in [0.2, 0.25) is 0 Å². The van der Waals surface area contributed by atoms with Crippen LogP contribution in [0.5, 0.6) is 0 Å². The largest absolute Gasteiger partial charge is 0.190 e. The Kier molecular flexibility index (Phi) is 4.28. The molecule has 0 aliphatic heterocycles. The zero-order chi connectivity index (χ0) is 7.49. The van der Waals surface area contributed by atoms with Gasteiger partial charge >= 0.3 is 0 Å². The zero-order valence-corrected chi connectivity index (χ0v) is 7.82. The lowest BCUT2D eigenvalue weighted by atomic mass is 10.1. The molecule has 0 unspecified atom stereocenters. The summed E-state index contributed by atoms with van der Waals surface area (Å²) in [5, 5.41) is 0. The second-order valence-corrected chi connectivity index (χ2v) is 4.84. The number of hydrogen-bond donors (Lipinski definition) is 0. The summed E-state index contributed by atoms with van der Waals surface area (Å²) >= 11 is 16.5. The molecule has 0 aliphatic rings. The third-order valence-electron chi connectivity index (χ3n) is 0.908. The van der Waals surface area contributed by atoms with Gasteiger partial charge in [-0.25, -0.2) is 0 Å². The molecular formula is C6H10Cl3. The fraction of sp³-hybridized carbons (Fsp3) is 0.833. The van der Waals surface area contributed by atoms with Gasteiger partial charge in [0.05, 0.1) is 0 Å². The van der Waals surface area contributed by atoms with Gasteiger partial charge in [-0.05, 0) is 18.8 Å². The number of halogens is 3. The molecule has 0 saturated heterocycles. The lowest BCUT2D eigenvalue weighted by Crippen LogP contribution is -2.02. The molecule has 0 saturated carbocycles. The molecule has 0 heterocycles. The van der Waals surface area contributed by atoms with Gasteiger partial charge in [-0.2, -0.15) is 0 Å². The number of hydrogen-bond acceptors (Lipinski definition) is 0. The first kappa shape index (κ1) is 9.87. The van der Waals surface area contributed by atoms with Crippen molar-refractivity contribution < 1.29 is 0 Å². The third kappa shape index (κ3) is 8.87. The fourth-order valence-electron chi connectivity index (χ4n) is 0.392. The van der Waals surface area contributed by atoms with Gasteiger partial charge < -0.3 is 0 Å². The molecule has 0 aromatic rings. The molecule has 0 N–H and O–H groups in total. The molecule has 0 aromatic heterocycles. The molecule has 0 aromatic carbocycles. The standard InChI is InChI=1S/C6H10Cl3/c1-5(2)3-4-6(7,8)9/h3-4H2,1-2H3. The maximum atomic E-state index is 5.49. The quantitative estimate of drug-likeness (QED) is 0.579. The highest BCUT2D eigenvalue weighted by atomic mass is 35.6. The topological polar surface area (TPSA) is 0 Å². The van der Waals surface area contributed by atoms with Crippen LogP contribution >= 0.6 is 34.8 Å². The van der Waals surface area contributed by atoms with Gasteiger partial charge in [-0.3, -0.25) is 0 Å². The highest BCUT2D eigenvalue weighted by Crippen LogP contribution is 2.32. The maximum Gasteiger partial charge on any atom is 0.190 e. The number of rotatable bonds is 2. The van der Waals surface area contributed by atoms with E-state index < -0.39 is 3.79 Å². The summed E-state index contributed by atoms with van der Waals surface area (Å²) in [5.74, 6) is 1.29. The lowest BCUT2D eigenvalue weighted by molar-refractivity contribution is 0.765. The van der Waals surface area contributed by atoms with E-state index in [0.29, 0.717) is 6.42 Å². The van der Waals surface area contributed by atoms with Crippen LogP contribution in [0.25, 0.3) is 0 Å². The van der Waals surface area contributed by atoms with Crippen molar-refractivity contribution in [1.29, 1.82) is 0 Å². The van der Waals surface area contributed by atoms with Crippen LogP contribution in [0.1, 0.15) is 26.7 Å². The zero-order valence-electron chi connectivity index (χ0n) is 5.55. The molecule has 0 rings (SSSR count). The van der Waals surface area contributed by atoms with Gasteiger partial charge in [0.1, 0.15) is 0 Å². The highest BCUT2D eigenvalue weighted by molar-refractivity contribution is 6.67. The molecule has 0 atom stereocenters. The van der Waals surface area contributed by atoms with E-state index in [1.807, 2.05) is 13.8 Å². The molecule has 55 valence electrons. The van der Waals surface area contributed by atoms with E-state index in [2.05, 4.69) is 0 Å². The van der Waals surface area contributed by atoms with Crippen molar-refractivity contribution in [3.05, 3.63) is 5.92 Å². The molecule has 0 amide bonds. The molecule has 0 bridgehead atoms. The minimum absolute atomic E-state index is 0.611. The Balaban J connectivity index is 3.28. The molecular weight excluding hydrogens is 178 g/mol. The first-order chi connectivity index (χ1) is 3.92. The monoisotopic (exact) mass is 187 g/mol. The molecule has 0 nitrogen and oxygen atoms in total. The van der Waals surface area contributed by atoms with E-state index in [1.165, 1.54) is 5.92 Å². The van der Waals surface area contributed by atoms with Crippen molar-refractivity contribution in [2.24, 2.45) is 0 Å². The summed E-state index contributed by atoms with van der Waals surface area (Å²) in [5.41, 5.74) is 0. The van der Waals surface area contributed by atoms with Gasteiger partial charge in [0, 0.05) is 0 Å². The summed E-state index contributed by atoms with van der Waals surface area (Å²) in [6.07, 6.45) is 1.50. The molecule has 1 radical (unpaired) electrons. The Morgan fingerprint density at radius 3 is 1.78 bits per heavy atom.